The van der Waals surface area contributed by atoms with Gasteiger partial charge in [0.05, 0.1) is 29.9 Å². The summed E-state index contributed by atoms with van der Waals surface area (Å²) in [6.07, 6.45) is -9.55. The predicted molar refractivity (Wildman–Crippen MR) is 124 cm³/mol. The van der Waals surface area contributed by atoms with Crippen molar-refractivity contribution in [3.8, 4) is 5.75 Å². The van der Waals surface area contributed by atoms with Crippen molar-refractivity contribution in [2.45, 2.75) is 51.2 Å². The predicted octanol–water partition coefficient (Wildman–Crippen LogP) is 6.00. The average molecular weight is 514 g/mol. The zero-order valence-corrected chi connectivity index (χ0v) is 20.1. The summed E-state index contributed by atoms with van der Waals surface area (Å²) in [5.74, 6) is 0.363. The van der Waals surface area contributed by atoms with Crippen LogP contribution in [0.25, 0.3) is 4.85 Å². The second-order valence-corrected chi connectivity index (χ2v) is 9.35. The van der Waals surface area contributed by atoms with Gasteiger partial charge in [0.15, 0.2) is 5.69 Å². The van der Waals surface area contributed by atoms with Crippen molar-refractivity contribution in [1.29, 1.82) is 0 Å². The van der Waals surface area contributed by atoms with Crippen molar-refractivity contribution >= 4 is 24.0 Å². The van der Waals surface area contributed by atoms with Gasteiger partial charge in [-0.1, -0.05) is 18.2 Å². The van der Waals surface area contributed by atoms with Crippen LogP contribution in [-0.4, -0.2) is 44.2 Å². The van der Waals surface area contributed by atoms with Crippen molar-refractivity contribution in [3.63, 3.8) is 0 Å². The molecule has 1 saturated heterocycles. The van der Waals surface area contributed by atoms with Gasteiger partial charge in [0.2, 0.25) is 0 Å². The summed E-state index contributed by atoms with van der Waals surface area (Å²) in [6, 6.07) is 9.13. The van der Waals surface area contributed by atoms with Gasteiger partial charge in [0.1, 0.15) is 18.9 Å². The normalized spacial score (nSPS) is 17.1. The van der Waals surface area contributed by atoms with E-state index in [4.69, 9.17) is 20.6 Å². The van der Waals surface area contributed by atoms with Crippen LogP contribution in [-0.2, 0) is 15.5 Å². The van der Waals surface area contributed by atoms with Crippen LogP contribution in [0, 0.1) is 6.57 Å². The number of ether oxygens (including phenoxy) is 1. The van der Waals surface area contributed by atoms with E-state index < -0.39 is 48.5 Å². The highest BCUT2D eigenvalue weighted by atomic mass is 19.4. The fourth-order valence-corrected chi connectivity index (χ4v) is 3.54. The summed E-state index contributed by atoms with van der Waals surface area (Å²) in [7, 11) is -0.590. The van der Waals surface area contributed by atoms with E-state index in [2.05, 4.69) is 4.85 Å². The maximum atomic E-state index is 13.3. The quantitative estimate of drug-likeness (QED) is 0.258. The highest BCUT2D eigenvalue weighted by Gasteiger charge is 2.51. The Labute approximate surface area is 205 Å². The first-order chi connectivity index (χ1) is 16.5. The minimum atomic E-state index is -4.88. The number of nitrogens with zero attached hydrogens (tertiary/aromatic N) is 2. The lowest BCUT2D eigenvalue weighted by Crippen LogP contribution is -2.41. The second-order valence-electron chi connectivity index (χ2n) is 9.35. The van der Waals surface area contributed by atoms with Crippen LogP contribution >= 0.6 is 0 Å². The molecule has 0 spiro atoms. The molecular formula is C24H25BF6N2O3. The Balaban J connectivity index is 1.70. The Kier molecular flexibility index (Phi) is 7.58. The van der Waals surface area contributed by atoms with Crippen molar-refractivity contribution in [3.05, 3.63) is 59.4 Å². The third-order valence-electron chi connectivity index (χ3n) is 6.18. The molecule has 3 rings (SSSR count). The Morgan fingerprint density at radius 3 is 2.03 bits per heavy atom. The van der Waals surface area contributed by atoms with E-state index in [9.17, 15) is 26.3 Å². The first-order valence-corrected chi connectivity index (χ1v) is 11.0. The Hall–Kier alpha value is -2.91. The van der Waals surface area contributed by atoms with Crippen molar-refractivity contribution < 1.29 is 40.4 Å². The van der Waals surface area contributed by atoms with Crippen molar-refractivity contribution in [1.82, 2.24) is 0 Å². The zero-order chi connectivity index (χ0) is 26.9. The molecule has 0 radical (unpaired) electrons. The molecule has 0 amide bonds. The number of rotatable bonds is 7. The lowest BCUT2D eigenvalue weighted by Gasteiger charge is -2.32. The lowest BCUT2D eigenvalue weighted by atomic mass is 9.79. The molecule has 2 aromatic rings. The van der Waals surface area contributed by atoms with Crippen LogP contribution in [0.15, 0.2) is 42.5 Å². The van der Waals surface area contributed by atoms with Crippen LogP contribution in [0.4, 0.5) is 37.7 Å². The third kappa shape index (κ3) is 6.45. The summed E-state index contributed by atoms with van der Waals surface area (Å²) in [5, 5.41) is 0. The molecule has 1 aliphatic rings. The molecule has 1 aliphatic heterocycles. The standard InChI is InChI=1S/C24H25BF6N2O3/c1-21(2)22(3,4)36-25(35-21)16-6-9-18(10-7-16)34-13-12-33(15-23(26,27)28)17-8-11-20(32-5)19(14-17)24(29,30)31/h6-11,14H,12-13,15H2,1-4H3. The number of halogens is 6. The van der Waals surface area contributed by atoms with Crippen LogP contribution in [0.1, 0.15) is 33.3 Å². The van der Waals surface area contributed by atoms with E-state index in [0.717, 1.165) is 22.5 Å². The lowest BCUT2D eigenvalue weighted by molar-refractivity contribution is -0.136. The Morgan fingerprint density at radius 1 is 0.944 bits per heavy atom. The molecule has 0 aliphatic carbocycles. The summed E-state index contributed by atoms with van der Waals surface area (Å²) in [4.78, 5) is 3.55. The van der Waals surface area contributed by atoms with E-state index in [1.807, 2.05) is 27.7 Å². The molecule has 194 valence electrons. The summed E-state index contributed by atoms with van der Waals surface area (Å²) >= 11 is 0. The Bertz CT molecular complexity index is 1090. The molecule has 2 aromatic carbocycles. The fourth-order valence-electron chi connectivity index (χ4n) is 3.54. The first kappa shape index (κ1) is 27.7. The van der Waals surface area contributed by atoms with Gasteiger partial charge < -0.3 is 18.9 Å². The molecule has 0 N–H and O–H groups in total. The highest BCUT2D eigenvalue weighted by Crippen LogP contribution is 2.39. The fraction of sp³-hybridized carbons (Fsp3) is 0.458. The van der Waals surface area contributed by atoms with E-state index in [1.54, 1.807) is 24.3 Å². The van der Waals surface area contributed by atoms with Crippen LogP contribution in [0.3, 0.4) is 0 Å². The summed E-state index contributed by atoms with van der Waals surface area (Å²) < 4.78 is 96.8. The van der Waals surface area contributed by atoms with E-state index in [0.29, 0.717) is 11.8 Å². The van der Waals surface area contributed by atoms with Gasteiger partial charge >= 0.3 is 19.5 Å². The van der Waals surface area contributed by atoms with Gasteiger partial charge in [-0.15, -0.1) is 0 Å². The number of hydrogen-bond acceptors (Lipinski definition) is 4. The number of alkyl halides is 6. The van der Waals surface area contributed by atoms with Gasteiger partial charge in [-0.05, 0) is 57.4 Å². The minimum Gasteiger partial charge on any atom is -0.492 e. The molecule has 0 aromatic heterocycles. The summed E-state index contributed by atoms with van der Waals surface area (Å²) in [5.41, 5.74) is -2.59. The maximum Gasteiger partial charge on any atom is 0.494 e. The smallest absolute Gasteiger partial charge is 0.492 e. The molecule has 1 heterocycles. The largest absolute Gasteiger partial charge is 0.494 e. The minimum absolute atomic E-state index is 0.224. The van der Waals surface area contributed by atoms with E-state index in [1.165, 1.54) is 0 Å². The van der Waals surface area contributed by atoms with Crippen molar-refractivity contribution in [2.75, 3.05) is 24.6 Å². The van der Waals surface area contributed by atoms with Gasteiger partial charge in [-0.2, -0.15) is 26.3 Å². The monoisotopic (exact) mass is 514 g/mol. The Morgan fingerprint density at radius 2 is 1.53 bits per heavy atom. The van der Waals surface area contributed by atoms with E-state index >= 15 is 0 Å². The zero-order valence-electron chi connectivity index (χ0n) is 20.1. The highest BCUT2D eigenvalue weighted by molar-refractivity contribution is 6.62. The molecule has 0 atom stereocenters. The molecule has 12 heteroatoms. The van der Waals surface area contributed by atoms with Crippen LogP contribution < -0.4 is 15.1 Å². The molecule has 36 heavy (non-hydrogen) atoms. The first-order valence-electron chi connectivity index (χ1n) is 11.0. The number of anilines is 1. The average Bonchev–Trinajstić information content (AvgIpc) is 2.98. The molecule has 0 bridgehead atoms. The second kappa shape index (κ2) is 9.86. The SMILES string of the molecule is [C-]#[N+]c1ccc(N(CCOc2ccc(B3OC(C)(C)C(C)(C)O3)cc2)CC(F)(F)F)cc1C(F)(F)F. The molecular weight excluding hydrogens is 489 g/mol. The molecule has 0 saturated carbocycles. The van der Waals surface area contributed by atoms with Crippen LogP contribution in [0.2, 0.25) is 0 Å². The topological polar surface area (TPSA) is 35.3 Å². The molecule has 1 fully saturated rings. The van der Waals surface area contributed by atoms with Crippen LogP contribution in [0.5, 0.6) is 5.75 Å². The summed E-state index contributed by atoms with van der Waals surface area (Å²) in [6.45, 7) is 12.5. The maximum absolute atomic E-state index is 13.3. The third-order valence-corrected chi connectivity index (χ3v) is 6.18. The van der Waals surface area contributed by atoms with E-state index in [-0.39, 0.29) is 18.8 Å². The number of benzene rings is 2. The van der Waals surface area contributed by atoms with Crippen molar-refractivity contribution in [2.24, 2.45) is 0 Å². The van der Waals surface area contributed by atoms with Gasteiger partial charge in [0, 0.05) is 5.69 Å². The number of hydrogen-bond donors (Lipinski definition) is 0. The van der Waals surface area contributed by atoms with Gasteiger partial charge in [-0.3, -0.25) is 0 Å². The molecule has 5 nitrogen and oxygen atoms in total. The van der Waals surface area contributed by atoms with Gasteiger partial charge in [0.25, 0.3) is 0 Å². The molecule has 0 unspecified atom stereocenters. The van der Waals surface area contributed by atoms with Gasteiger partial charge in [-0.25, -0.2) is 4.85 Å².